The van der Waals surface area contributed by atoms with Gasteiger partial charge in [-0.3, -0.25) is 14.4 Å². The molecule has 0 aromatic heterocycles. The van der Waals surface area contributed by atoms with E-state index in [4.69, 9.17) is 5.73 Å². The highest BCUT2D eigenvalue weighted by Gasteiger charge is 2.29. The molecule has 1 aliphatic rings. The van der Waals surface area contributed by atoms with Crippen LogP contribution in [0.25, 0.3) is 0 Å². The molecule has 3 aromatic carbocycles. The Morgan fingerprint density at radius 2 is 1.64 bits per heavy atom. The molecule has 5 N–H and O–H groups in total. The molecule has 3 aromatic rings. The first-order valence-corrected chi connectivity index (χ1v) is 12.1. The van der Waals surface area contributed by atoms with Crippen LogP contribution in [0.1, 0.15) is 35.2 Å². The molecule has 3 amide bonds. The molecule has 36 heavy (non-hydrogen) atoms. The van der Waals surface area contributed by atoms with Gasteiger partial charge < -0.3 is 26.6 Å². The Morgan fingerprint density at radius 3 is 2.44 bits per heavy atom. The number of benzene rings is 3. The molecule has 1 unspecified atom stereocenters. The van der Waals surface area contributed by atoms with E-state index in [1.807, 2.05) is 54.6 Å². The van der Waals surface area contributed by atoms with Crippen LogP contribution in [-0.2, 0) is 16.1 Å². The number of nitrogens with two attached hydrogens (primary N) is 1. The second-order valence-corrected chi connectivity index (χ2v) is 8.81. The molecule has 0 radical (unpaired) electrons. The number of amides is 3. The van der Waals surface area contributed by atoms with Crippen LogP contribution < -0.4 is 21.7 Å². The maximum absolute atomic E-state index is 13.2. The molecule has 186 valence electrons. The zero-order valence-electron chi connectivity index (χ0n) is 20.1. The van der Waals surface area contributed by atoms with E-state index in [0.29, 0.717) is 30.8 Å². The molecule has 4 rings (SSSR count). The minimum absolute atomic E-state index is 0.0749. The van der Waals surface area contributed by atoms with Crippen LogP contribution in [0.3, 0.4) is 0 Å². The van der Waals surface area contributed by atoms with Crippen LogP contribution in [-0.4, -0.2) is 41.8 Å². The molecular formula is C28H31N5O3. The van der Waals surface area contributed by atoms with Gasteiger partial charge in [0.15, 0.2) is 0 Å². The van der Waals surface area contributed by atoms with Gasteiger partial charge in [0.25, 0.3) is 5.91 Å². The van der Waals surface area contributed by atoms with Gasteiger partial charge in [-0.15, -0.1) is 0 Å². The lowest BCUT2D eigenvalue weighted by Crippen LogP contribution is -2.49. The van der Waals surface area contributed by atoms with E-state index in [1.54, 1.807) is 24.3 Å². The summed E-state index contributed by atoms with van der Waals surface area (Å²) in [6.07, 6.45) is 2.08. The zero-order valence-corrected chi connectivity index (χ0v) is 20.1. The van der Waals surface area contributed by atoms with Crippen molar-refractivity contribution in [3.05, 3.63) is 90.0 Å². The number of para-hydroxylation sites is 1. The van der Waals surface area contributed by atoms with Crippen molar-refractivity contribution in [3.63, 3.8) is 0 Å². The van der Waals surface area contributed by atoms with Crippen LogP contribution in [0.15, 0.2) is 78.9 Å². The molecule has 1 aliphatic heterocycles. The first-order valence-electron chi connectivity index (χ1n) is 12.1. The van der Waals surface area contributed by atoms with E-state index >= 15 is 0 Å². The number of carbonyl (C=O) groups is 3. The Hall–Kier alpha value is -4.17. The first-order chi connectivity index (χ1) is 17.5. The number of hydrogen-bond acceptors (Lipinski definition) is 5. The smallest absolute Gasteiger partial charge is 0.252 e. The highest BCUT2D eigenvalue weighted by molar-refractivity contribution is 5.99. The van der Waals surface area contributed by atoms with E-state index in [1.165, 1.54) is 4.90 Å². The van der Waals surface area contributed by atoms with Gasteiger partial charge in [-0.05, 0) is 67.3 Å². The molecular weight excluding hydrogens is 454 g/mol. The van der Waals surface area contributed by atoms with E-state index in [9.17, 15) is 14.4 Å². The van der Waals surface area contributed by atoms with Gasteiger partial charge in [-0.2, -0.15) is 0 Å². The summed E-state index contributed by atoms with van der Waals surface area (Å²) in [6.45, 7) is 0.771. The predicted molar refractivity (Wildman–Crippen MR) is 141 cm³/mol. The number of likely N-dealkylation sites (tertiary alicyclic amines) is 1. The molecule has 8 nitrogen and oxygen atoms in total. The highest BCUT2D eigenvalue weighted by Crippen LogP contribution is 2.19. The summed E-state index contributed by atoms with van der Waals surface area (Å²) in [5.41, 5.74) is 9.36. The van der Waals surface area contributed by atoms with Crippen LogP contribution in [0.4, 0.5) is 17.1 Å². The summed E-state index contributed by atoms with van der Waals surface area (Å²) in [6, 6.07) is 23.4. The highest BCUT2D eigenvalue weighted by atomic mass is 16.2. The Kier molecular flexibility index (Phi) is 8.31. The monoisotopic (exact) mass is 485 g/mol. The van der Waals surface area contributed by atoms with Gasteiger partial charge in [-0.25, -0.2) is 0 Å². The topological polar surface area (TPSA) is 117 Å². The van der Waals surface area contributed by atoms with Crippen molar-refractivity contribution in [2.24, 2.45) is 5.73 Å². The van der Waals surface area contributed by atoms with Gasteiger partial charge in [0, 0.05) is 35.7 Å². The number of nitrogens with zero attached hydrogens (tertiary/aromatic N) is 1. The maximum Gasteiger partial charge on any atom is 0.252 e. The van der Waals surface area contributed by atoms with Gasteiger partial charge in [-0.1, -0.05) is 36.4 Å². The number of nitrogens with one attached hydrogen (secondary N) is 3. The Bertz CT molecular complexity index is 1210. The lowest BCUT2D eigenvalue weighted by Gasteiger charge is -2.24. The number of rotatable bonds is 8. The maximum atomic E-state index is 13.2. The summed E-state index contributed by atoms with van der Waals surface area (Å²) >= 11 is 0. The van der Waals surface area contributed by atoms with Crippen LogP contribution in [0.2, 0.25) is 0 Å². The first kappa shape index (κ1) is 24.9. The third-order valence-corrected chi connectivity index (χ3v) is 6.05. The average molecular weight is 486 g/mol. The summed E-state index contributed by atoms with van der Waals surface area (Å²) in [5.74, 6) is -0.857. The average Bonchev–Trinajstić information content (AvgIpc) is 3.06. The fourth-order valence-corrected chi connectivity index (χ4v) is 4.21. The van der Waals surface area contributed by atoms with Gasteiger partial charge in [0.2, 0.25) is 11.8 Å². The van der Waals surface area contributed by atoms with Gasteiger partial charge in [0.05, 0.1) is 6.54 Å². The zero-order chi connectivity index (χ0) is 25.3. The molecule has 1 heterocycles. The molecule has 0 spiro atoms. The fraction of sp³-hybridized carbons (Fsp3) is 0.250. The Labute approximate surface area is 210 Å². The van der Waals surface area contributed by atoms with Gasteiger partial charge >= 0.3 is 0 Å². The predicted octanol–water partition coefficient (Wildman–Crippen LogP) is 3.64. The summed E-state index contributed by atoms with van der Waals surface area (Å²) in [5, 5.41) is 8.98. The number of carbonyl (C=O) groups excluding carboxylic acids is 3. The Balaban J connectivity index is 1.38. The minimum Gasteiger partial charge on any atom is -0.356 e. The van der Waals surface area contributed by atoms with Crippen molar-refractivity contribution in [1.82, 2.24) is 10.2 Å². The normalized spacial score (nSPS) is 15.6. The number of hydrogen-bond donors (Lipinski definition) is 4. The third kappa shape index (κ3) is 6.70. The standard InChI is InChI=1S/C28H31N5O3/c29-18-20-8-6-12-23(16-20)31-26(34)19-33-15-5-4-14-25(28(33)36)32-27(35)21-9-7-13-24(17-21)30-22-10-2-1-3-11-22/h1-3,6-13,16-17,25,30H,4-5,14-15,18-19,29H2,(H,31,34)(H,32,35). The molecule has 8 heteroatoms. The second kappa shape index (κ2) is 12.0. The van der Waals surface area contributed by atoms with Crippen molar-refractivity contribution >= 4 is 34.8 Å². The van der Waals surface area contributed by atoms with Crippen molar-refractivity contribution in [3.8, 4) is 0 Å². The van der Waals surface area contributed by atoms with Crippen LogP contribution in [0.5, 0.6) is 0 Å². The third-order valence-electron chi connectivity index (χ3n) is 6.05. The molecule has 1 fully saturated rings. The SMILES string of the molecule is NCc1cccc(NC(=O)CN2CCCCC(NC(=O)c3cccc(Nc4ccccc4)c3)C2=O)c1. The van der Waals surface area contributed by atoms with Crippen molar-refractivity contribution in [2.75, 3.05) is 23.7 Å². The van der Waals surface area contributed by atoms with Gasteiger partial charge in [0.1, 0.15) is 6.04 Å². The van der Waals surface area contributed by atoms with E-state index in [2.05, 4.69) is 16.0 Å². The molecule has 0 saturated carbocycles. The summed E-state index contributed by atoms with van der Waals surface area (Å²) in [4.78, 5) is 40.4. The fourth-order valence-electron chi connectivity index (χ4n) is 4.21. The molecule has 1 saturated heterocycles. The van der Waals surface area contributed by atoms with Crippen molar-refractivity contribution in [1.29, 1.82) is 0 Å². The van der Waals surface area contributed by atoms with Crippen LogP contribution >= 0.6 is 0 Å². The minimum atomic E-state index is -0.681. The van der Waals surface area contributed by atoms with Crippen molar-refractivity contribution in [2.45, 2.75) is 31.8 Å². The quantitative estimate of drug-likeness (QED) is 0.389. The van der Waals surface area contributed by atoms with E-state index in [0.717, 1.165) is 29.8 Å². The van der Waals surface area contributed by atoms with E-state index in [-0.39, 0.29) is 24.3 Å². The largest absolute Gasteiger partial charge is 0.356 e. The summed E-state index contributed by atoms with van der Waals surface area (Å²) in [7, 11) is 0. The second-order valence-electron chi connectivity index (χ2n) is 8.81. The molecule has 1 atom stereocenters. The van der Waals surface area contributed by atoms with Crippen LogP contribution in [0, 0.1) is 0 Å². The Morgan fingerprint density at radius 1 is 0.889 bits per heavy atom. The van der Waals surface area contributed by atoms with Crippen molar-refractivity contribution < 1.29 is 14.4 Å². The lowest BCUT2D eigenvalue weighted by molar-refractivity contribution is -0.135. The summed E-state index contributed by atoms with van der Waals surface area (Å²) < 4.78 is 0. The lowest BCUT2D eigenvalue weighted by atomic mass is 10.1. The number of anilines is 3. The molecule has 0 aliphatic carbocycles. The van der Waals surface area contributed by atoms with E-state index < -0.39 is 6.04 Å². The molecule has 0 bridgehead atoms.